The summed E-state index contributed by atoms with van der Waals surface area (Å²) in [6.07, 6.45) is 21.0. The number of methoxy groups -OCH3 is 2. The number of ketones is 7. The predicted octanol–water partition coefficient (Wildman–Crippen LogP) is 24.9. The number of hydrogen-bond donors (Lipinski definition) is 4. The Morgan fingerprint density at radius 1 is 0.496 bits per heavy atom. The molecule has 2 saturated heterocycles. The van der Waals surface area contributed by atoms with Crippen molar-refractivity contribution in [3.63, 3.8) is 0 Å². The fraction of sp³-hybridized carbons (Fsp3) is 0.363. The number of benzene rings is 6. The van der Waals surface area contributed by atoms with Gasteiger partial charge in [0.1, 0.15) is 30.0 Å². The minimum absolute atomic E-state index is 0. The van der Waals surface area contributed by atoms with Crippen molar-refractivity contribution in [2.45, 2.75) is 222 Å². The zero-order valence-corrected chi connectivity index (χ0v) is 89.0. The fourth-order valence-corrected chi connectivity index (χ4v) is 24.4. The summed E-state index contributed by atoms with van der Waals surface area (Å²) in [7, 11) is 2.60. The van der Waals surface area contributed by atoms with Gasteiger partial charge in [-0.1, -0.05) is 162 Å². The van der Waals surface area contributed by atoms with Gasteiger partial charge in [-0.25, -0.2) is 14.6 Å². The number of carbonyl (C=O) groups excluding carboxylic acids is 12. The van der Waals surface area contributed by atoms with Crippen molar-refractivity contribution in [1.29, 1.82) is 0 Å². The number of nitrogens with zero attached hydrogens (tertiary/aromatic N) is 4. The van der Waals surface area contributed by atoms with E-state index in [-0.39, 0.29) is 94.4 Å². The molecule has 28 heteroatoms. The van der Waals surface area contributed by atoms with Crippen LogP contribution in [0.3, 0.4) is 0 Å². The van der Waals surface area contributed by atoms with Gasteiger partial charge in [-0.3, -0.25) is 52.9 Å². The van der Waals surface area contributed by atoms with E-state index in [4.69, 9.17) is 31.1 Å². The van der Waals surface area contributed by atoms with Gasteiger partial charge in [0.05, 0.1) is 57.9 Å². The van der Waals surface area contributed by atoms with Crippen molar-refractivity contribution >= 4 is 181 Å². The lowest BCUT2D eigenvalue weighted by molar-refractivity contribution is -0.135. The van der Waals surface area contributed by atoms with Crippen molar-refractivity contribution in [2.75, 3.05) is 33.1 Å². The zero-order valence-electron chi connectivity index (χ0n) is 81.8. The van der Waals surface area contributed by atoms with E-state index in [0.29, 0.717) is 48.9 Å². The summed E-state index contributed by atoms with van der Waals surface area (Å²) in [6, 6.07) is 49.7. The minimum atomic E-state index is -0.681. The number of aryl methyl sites for hydroxylation is 10. The molecule has 3 aliphatic heterocycles. The summed E-state index contributed by atoms with van der Waals surface area (Å²) in [5.74, 6) is 1.96. The van der Waals surface area contributed by atoms with Gasteiger partial charge >= 0.3 is 12.2 Å². The second kappa shape index (κ2) is 49.1. The van der Waals surface area contributed by atoms with Gasteiger partial charge < -0.3 is 34.9 Å². The van der Waals surface area contributed by atoms with E-state index in [2.05, 4.69) is 95.0 Å². The number of ether oxygens (including phenoxy) is 2. The predicted molar refractivity (Wildman–Crippen MR) is 580 cm³/mol. The number of allylic oxidation sites excluding steroid dienone is 2. The van der Waals surface area contributed by atoms with Crippen LogP contribution >= 0.6 is 93.6 Å². The molecular weight excluding hydrogens is 2000 g/mol. The smallest absolute Gasteiger partial charge is 0.407 e. The van der Waals surface area contributed by atoms with Crippen LogP contribution in [0.4, 0.5) is 9.59 Å². The van der Waals surface area contributed by atoms with Gasteiger partial charge in [0.2, 0.25) is 11.8 Å². The average Bonchev–Trinajstić information content (AvgIpc) is 1.43. The number of alkyl carbamates (subject to hydrolysis) is 2. The number of aldehydes is 1. The van der Waals surface area contributed by atoms with Gasteiger partial charge in [-0.15, -0.1) is 69.3 Å². The third kappa shape index (κ3) is 25.3. The van der Waals surface area contributed by atoms with E-state index in [1.165, 1.54) is 129 Å². The maximum atomic E-state index is 13.7. The van der Waals surface area contributed by atoms with Crippen LogP contribution in [0.5, 0.6) is 0 Å². The van der Waals surface area contributed by atoms with Gasteiger partial charge in [-0.2, -0.15) is 12.6 Å². The van der Waals surface area contributed by atoms with Gasteiger partial charge in [0.15, 0.2) is 34.7 Å². The second-order valence-electron chi connectivity index (χ2n) is 37.0. The molecule has 6 aliphatic carbocycles. The number of aromatic nitrogens is 2. The van der Waals surface area contributed by atoms with E-state index >= 15 is 0 Å². The molecule has 6 aromatic carbocycles. The lowest BCUT2D eigenvalue weighted by Gasteiger charge is -2.31. The molecule has 20 rings (SSSR count). The summed E-state index contributed by atoms with van der Waals surface area (Å²) in [6.45, 7) is 19.1. The number of rotatable bonds is 19. The number of nitrogens with one attached hydrogen (secondary N) is 3. The standard InChI is InChI=1S/C41H51N7O6S.C18H18O2S.C16H14O2S.C14H12OS.C11H9ClO.C10H10O.C3H6OS.HI/c1-22(2)34(45-40(51)53-5)38(49)47-15-7-9-31(47)29-18-27(20-42-29)33-19-26-12-11-24-17-25(13-14-28(24)36(26)55-33)30-21-43-37(44-30)32-10-8-16-48(32)39(50)35(23(3)4)46-41(52)54-6;1-3-15(19)12-7-8-14-11(9-12)5-6-13-10-17(16(20)4-2)21-18(13)14;1-9(17)11-5-6-14-12(7-11)3-4-13-8-15(10(2)18)19-16(13)14;1-9(15)13-8-11-7-6-10-4-2-3-5-12(10)14(11)16-13;12-11-9(7-13)6-5-8-3-1-2-4-10(8)11;11-10-7-3-5-8-4-1-2-6-9(8)10;1-3(4)2-5;/h13-14,17,19-23,31-32,34-35H,7-12,15-16,18H2,1-6H3,(H,43,44)(H,45,51)(H,46,52);7-10H,3-6H2,1-2H3;5-8H,3-4H2,1-2H3;2-5,8H,6-7H2,1H3;1-4,7H,5-6H2;1-2,4,6H,3,5,7H2;5H,2H2,1H3;1H/t31-,32-,34?,35+;;;;;;;/m0......./s1. The third-order valence-corrected chi connectivity index (χ3v) is 32.9. The molecule has 0 saturated carbocycles. The summed E-state index contributed by atoms with van der Waals surface area (Å²) in [5.41, 5.74) is 26.2. The Balaban J connectivity index is 0.000000158. The Hall–Kier alpha value is -11.3. The number of aliphatic imine (C=N–C) groups is 1. The first-order valence-corrected chi connectivity index (χ1v) is 52.5. The first kappa shape index (κ1) is 107. The quantitative estimate of drug-likeness (QED) is 0.0253. The maximum absolute atomic E-state index is 13.7. The Bertz CT molecular complexity index is 6700. The van der Waals surface area contributed by atoms with Crippen LogP contribution in [0.2, 0.25) is 0 Å². The molecule has 736 valence electrons. The van der Waals surface area contributed by atoms with E-state index in [1.54, 1.807) is 66.1 Å². The van der Waals surface area contributed by atoms with Gasteiger partial charge in [0.25, 0.3) is 0 Å². The summed E-state index contributed by atoms with van der Waals surface area (Å²) in [4.78, 5) is 167. The molecule has 4 atom stereocenters. The average molecular weight is 2120 g/mol. The van der Waals surface area contributed by atoms with Crippen molar-refractivity contribution in [3.8, 4) is 53.0 Å². The molecule has 11 aromatic rings. The number of halogens is 2. The molecular formula is C113H121ClIN7O14S5. The number of hydrogen-bond acceptors (Lipinski definition) is 21. The number of H-pyrrole nitrogens is 1. The van der Waals surface area contributed by atoms with Crippen molar-refractivity contribution in [3.05, 3.63) is 273 Å². The molecule has 9 aliphatic rings. The highest BCUT2D eigenvalue weighted by Crippen LogP contribution is 2.48. The van der Waals surface area contributed by atoms with Crippen LogP contribution < -0.4 is 10.6 Å². The van der Waals surface area contributed by atoms with Gasteiger partial charge in [-0.05, 0) is 279 Å². The Kier molecular flexibility index (Phi) is 37.3. The molecule has 5 aromatic heterocycles. The number of amides is 4. The third-order valence-electron chi connectivity index (χ3n) is 26.8. The van der Waals surface area contributed by atoms with E-state index in [1.807, 2.05) is 149 Å². The molecule has 21 nitrogen and oxygen atoms in total. The highest BCUT2D eigenvalue weighted by molar-refractivity contribution is 14.0. The second-order valence-corrected chi connectivity index (χ2v) is 41.9. The Morgan fingerprint density at radius 3 is 1.45 bits per heavy atom. The number of thiophene rings is 4. The number of imidazole rings is 1. The zero-order chi connectivity index (χ0) is 99.9. The highest BCUT2D eigenvalue weighted by atomic mass is 127. The lowest BCUT2D eigenvalue weighted by Crippen LogP contribution is -2.53. The van der Waals surface area contributed by atoms with Crippen molar-refractivity contribution in [2.24, 2.45) is 16.8 Å². The molecule has 141 heavy (non-hydrogen) atoms. The van der Waals surface area contributed by atoms with E-state index in [0.717, 1.165) is 181 Å². The molecule has 8 heterocycles. The Labute approximate surface area is 868 Å². The van der Waals surface area contributed by atoms with E-state index < -0.39 is 24.3 Å². The molecule has 2 fully saturated rings. The Morgan fingerprint density at radius 2 is 0.936 bits per heavy atom. The minimum Gasteiger partial charge on any atom is -0.453 e. The summed E-state index contributed by atoms with van der Waals surface area (Å²) < 4.78 is 9.56. The number of aromatic amines is 1. The first-order chi connectivity index (χ1) is 67.4. The summed E-state index contributed by atoms with van der Waals surface area (Å²) >= 11 is 16.3. The summed E-state index contributed by atoms with van der Waals surface area (Å²) in [5, 5.41) is 6.07. The number of fused-ring (bicyclic) bond motifs is 14. The SMILES string of the molecule is CC(=O)CS.CC(=O)c1cc2c(s1)-c1ccccc1CC2.CC(=O)c1ccc2c(c1)CCc1cc(C(C)=O)sc1-2.CCC(=O)c1ccc2c(c1)CCc1cc(C(=O)CC)sc1-2.COC(=O)NC(C(=O)N1CCC[C@H]1C1=NC=C(c2cc3c(s2)-c2ccc(-c4cnc([C@@H]5CCCN5C(=O)[C@H](NC(=O)OC)C(C)C)[nH]4)cc2CC3)C1)C(C)C.I.O=C1CCCc2ccccc21.O=CC1=C(Cl)c2ccccc2CC1. The van der Waals surface area contributed by atoms with E-state index in [9.17, 15) is 57.5 Å². The van der Waals surface area contributed by atoms with Crippen LogP contribution in [0.25, 0.3) is 63.6 Å². The molecule has 0 radical (unpaired) electrons. The molecule has 3 N–H and O–H groups in total. The van der Waals surface area contributed by atoms with Crippen LogP contribution in [0, 0.1) is 11.8 Å². The molecule has 0 spiro atoms. The number of carbonyl (C=O) groups is 12. The number of likely N-dealkylation sites (tertiary alicyclic amines) is 2. The topological polar surface area (TPSA) is 295 Å². The molecule has 0 bridgehead atoms. The first-order valence-electron chi connectivity index (χ1n) is 48.2. The highest BCUT2D eigenvalue weighted by Gasteiger charge is 2.41. The normalized spacial score (nSPS) is 15.9. The fourth-order valence-electron chi connectivity index (χ4n) is 19.2. The maximum Gasteiger partial charge on any atom is 0.407 e. The molecule has 1 unspecified atom stereocenters. The largest absolute Gasteiger partial charge is 0.453 e. The van der Waals surface area contributed by atoms with Crippen LogP contribution in [-0.2, 0) is 92.9 Å². The molecule has 4 amide bonds. The van der Waals surface area contributed by atoms with Crippen LogP contribution in [0.1, 0.15) is 271 Å². The van der Waals surface area contributed by atoms with Gasteiger partial charge in [0, 0.05) is 103 Å². The number of Topliss-reactive ketones (excluding diaryl/α,β-unsaturated/α-hetero) is 7. The van der Waals surface area contributed by atoms with Crippen LogP contribution in [-0.4, -0.2) is 147 Å². The monoisotopic (exact) mass is 2120 g/mol. The van der Waals surface area contributed by atoms with Crippen LogP contribution in [0.15, 0.2) is 175 Å². The van der Waals surface area contributed by atoms with Crippen molar-refractivity contribution in [1.82, 2.24) is 30.4 Å². The van der Waals surface area contributed by atoms with Crippen molar-refractivity contribution < 1.29 is 67.0 Å². The number of thiol groups is 1. The lowest BCUT2D eigenvalue weighted by atomic mass is 9.89.